The van der Waals surface area contributed by atoms with Crippen LogP contribution in [-0.2, 0) is 24.2 Å². The lowest BCUT2D eigenvalue weighted by Gasteiger charge is -2.29. The predicted octanol–water partition coefficient (Wildman–Crippen LogP) is 6.95. The molecule has 0 saturated heterocycles. The maximum Gasteiger partial charge on any atom is 0.307 e. The Balaban J connectivity index is 1.43. The molecule has 0 aliphatic heterocycles. The first-order valence-electron chi connectivity index (χ1n) is 13.8. The van der Waals surface area contributed by atoms with Crippen molar-refractivity contribution in [1.29, 1.82) is 0 Å². The molecule has 0 bridgehead atoms. The number of nitrogens with zero attached hydrogens (tertiary/aromatic N) is 1. The molecule has 0 atom stereocenters. The van der Waals surface area contributed by atoms with Gasteiger partial charge in [0.05, 0.1) is 20.6 Å². The van der Waals surface area contributed by atoms with E-state index in [9.17, 15) is 4.79 Å². The molecule has 0 spiro atoms. The van der Waals surface area contributed by atoms with E-state index in [0.717, 1.165) is 46.9 Å². The summed E-state index contributed by atoms with van der Waals surface area (Å²) in [6.45, 7) is 2.24. The smallest absolute Gasteiger partial charge is 0.307 e. The fourth-order valence-corrected chi connectivity index (χ4v) is 5.30. The Hall–Kier alpha value is -4.55. The van der Waals surface area contributed by atoms with E-state index < -0.39 is 5.97 Å². The lowest BCUT2D eigenvalue weighted by atomic mass is 9.90. The second-order valence-corrected chi connectivity index (χ2v) is 10.2. The summed E-state index contributed by atoms with van der Waals surface area (Å²) >= 11 is 0. The number of methoxy groups -OCH3 is 2. The van der Waals surface area contributed by atoms with Crippen molar-refractivity contribution in [2.24, 2.45) is 0 Å². The number of rotatable bonds is 13. The Morgan fingerprint density at radius 2 is 1.56 bits per heavy atom. The third kappa shape index (κ3) is 7.16. The number of furan rings is 1. The van der Waals surface area contributed by atoms with Crippen LogP contribution in [0.1, 0.15) is 33.9 Å². The molecule has 0 fully saturated rings. The van der Waals surface area contributed by atoms with Crippen LogP contribution in [-0.4, -0.2) is 43.3 Å². The van der Waals surface area contributed by atoms with Crippen molar-refractivity contribution >= 4 is 16.9 Å². The standard InChI is InChI=1S/C35H35NO5/c1-39-30-16-15-29(33(22-30)40-2)23-36(24-32(26-9-5-3-6-10-26)27-11-7-4-8-12-27)18-17-31-21-28-14-13-25(20-35(37)38)19-34(28)41-31/h3-16,19,21-22,32H,17-18,20,23-24H2,1-2H3,(H,37,38). The predicted molar refractivity (Wildman–Crippen MR) is 161 cm³/mol. The summed E-state index contributed by atoms with van der Waals surface area (Å²) in [6, 6.07) is 34.9. The van der Waals surface area contributed by atoms with Gasteiger partial charge in [-0.3, -0.25) is 9.69 Å². The summed E-state index contributed by atoms with van der Waals surface area (Å²) in [6.07, 6.45) is 0.682. The van der Waals surface area contributed by atoms with Crippen LogP contribution < -0.4 is 9.47 Å². The summed E-state index contributed by atoms with van der Waals surface area (Å²) in [5.74, 6) is 1.74. The zero-order valence-electron chi connectivity index (χ0n) is 23.5. The minimum atomic E-state index is -0.855. The molecule has 1 heterocycles. The first kappa shape index (κ1) is 28.0. The molecule has 1 N–H and O–H groups in total. The van der Waals surface area contributed by atoms with Gasteiger partial charge in [0.2, 0.25) is 0 Å². The van der Waals surface area contributed by atoms with E-state index in [1.807, 2.05) is 30.3 Å². The molecule has 0 aliphatic rings. The molecular weight excluding hydrogens is 514 g/mol. The largest absolute Gasteiger partial charge is 0.497 e. The first-order valence-corrected chi connectivity index (χ1v) is 13.8. The molecule has 0 unspecified atom stereocenters. The summed E-state index contributed by atoms with van der Waals surface area (Å²) in [4.78, 5) is 13.6. The van der Waals surface area contributed by atoms with Gasteiger partial charge in [0.15, 0.2) is 0 Å². The topological polar surface area (TPSA) is 72.1 Å². The molecule has 0 radical (unpaired) electrons. The van der Waals surface area contributed by atoms with Crippen LogP contribution in [0.4, 0.5) is 0 Å². The third-order valence-corrected chi connectivity index (χ3v) is 7.40. The van der Waals surface area contributed by atoms with Crippen molar-refractivity contribution in [2.45, 2.75) is 25.3 Å². The molecule has 5 rings (SSSR count). The number of benzene rings is 4. The van der Waals surface area contributed by atoms with E-state index >= 15 is 0 Å². The average molecular weight is 550 g/mol. The Bertz CT molecular complexity index is 1540. The number of carboxylic acids is 1. The van der Waals surface area contributed by atoms with E-state index in [1.165, 1.54) is 11.1 Å². The van der Waals surface area contributed by atoms with Crippen LogP contribution in [0.2, 0.25) is 0 Å². The molecule has 0 saturated carbocycles. The van der Waals surface area contributed by atoms with Gasteiger partial charge in [0.25, 0.3) is 0 Å². The average Bonchev–Trinajstić information content (AvgIpc) is 3.41. The van der Waals surface area contributed by atoms with Crippen molar-refractivity contribution in [2.75, 3.05) is 27.3 Å². The van der Waals surface area contributed by atoms with E-state index in [4.69, 9.17) is 19.0 Å². The van der Waals surface area contributed by atoms with E-state index in [-0.39, 0.29) is 12.3 Å². The quantitative estimate of drug-likeness (QED) is 0.171. The van der Waals surface area contributed by atoms with Crippen molar-refractivity contribution in [3.63, 3.8) is 0 Å². The second-order valence-electron chi connectivity index (χ2n) is 10.2. The van der Waals surface area contributed by atoms with Gasteiger partial charge in [-0.05, 0) is 34.9 Å². The van der Waals surface area contributed by atoms with Gasteiger partial charge in [0.1, 0.15) is 22.8 Å². The lowest BCUT2D eigenvalue weighted by Crippen LogP contribution is -2.31. The minimum Gasteiger partial charge on any atom is -0.497 e. The normalized spacial score (nSPS) is 11.3. The Labute approximate surface area is 240 Å². The molecular formula is C35H35NO5. The molecule has 4 aromatic carbocycles. The van der Waals surface area contributed by atoms with Crippen LogP contribution >= 0.6 is 0 Å². The van der Waals surface area contributed by atoms with Gasteiger partial charge in [-0.15, -0.1) is 0 Å². The van der Waals surface area contributed by atoms with Crippen molar-refractivity contribution in [1.82, 2.24) is 4.90 Å². The Morgan fingerprint density at radius 1 is 0.854 bits per heavy atom. The number of hydrogen-bond donors (Lipinski definition) is 1. The Kier molecular flexibility index (Phi) is 9.02. The Morgan fingerprint density at radius 3 is 2.20 bits per heavy atom. The molecule has 210 valence electrons. The van der Waals surface area contributed by atoms with Crippen LogP contribution in [0, 0.1) is 0 Å². The van der Waals surface area contributed by atoms with Gasteiger partial charge < -0.3 is 19.0 Å². The summed E-state index contributed by atoms with van der Waals surface area (Å²) in [5, 5.41) is 10.1. The highest BCUT2D eigenvalue weighted by Gasteiger charge is 2.20. The van der Waals surface area contributed by atoms with Crippen molar-refractivity contribution in [3.05, 3.63) is 131 Å². The molecule has 6 heteroatoms. The molecule has 0 amide bonds. The van der Waals surface area contributed by atoms with E-state index in [0.29, 0.717) is 18.5 Å². The van der Waals surface area contributed by atoms with Gasteiger partial charge >= 0.3 is 5.97 Å². The van der Waals surface area contributed by atoms with Crippen molar-refractivity contribution in [3.8, 4) is 11.5 Å². The maximum atomic E-state index is 11.2. The monoisotopic (exact) mass is 549 g/mol. The van der Waals surface area contributed by atoms with Gasteiger partial charge in [-0.1, -0.05) is 78.9 Å². The van der Waals surface area contributed by atoms with Crippen LogP contribution in [0.5, 0.6) is 11.5 Å². The van der Waals surface area contributed by atoms with E-state index in [2.05, 4.69) is 77.7 Å². The van der Waals surface area contributed by atoms with Crippen LogP contribution in [0.25, 0.3) is 11.0 Å². The lowest BCUT2D eigenvalue weighted by molar-refractivity contribution is -0.136. The SMILES string of the molecule is COc1ccc(CN(CCc2cc3ccc(CC(=O)O)cc3o2)CC(c2ccccc2)c2ccccc2)c(OC)c1. The fourth-order valence-electron chi connectivity index (χ4n) is 5.30. The zero-order chi connectivity index (χ0) is 28.6. The zero-order valence-corrected chi connectivity index (χ0v) is 23.5. The highest BCUT2D eigenvalue weighted by Crippen LogP contribution is 2.30. The summed E-state index contributed by atoms with van der Waals surface area (Å²) in [5.41, 5.74) is 5.05. The van der Waals surface area contributed by atoms with Crippen LogP contribution in [0.3, 0.4) is 0 Å². The number of fused-ring (bicyclic) bond motifs is 1. The summed E-state index contributed by atoms with van der Waals surface area (Å²) in [7, 11) is 3.34. The van der Waals surface area contributed by atoms with E-state index in [1.54, 1.807) is 14.2 Å². The van der Waals surface area contributed by atoms with Gasteiger partial charge in [-0.25, -0.2) is 0 Å². The second kappa shape index (κ2) is 13.2. The van der Waals surface area contributed by atoms with Crippen LogP contribution in [0.15, 0.2) is 108 Å². The van der Waals surface area contributed by atoms with Gasteiger partial charge in [-0.2, -0.15) is 0 Å². The van der Waals surface area contributed by atoms with Gasteiger partial charge in [0, 0.05) is 49.0 Å². The molecule has 1 aromatic heterocycles. The molecule has 5 aromatic rings. The minimum absolute atomic E-state index is 0.0240. The fraction of sp³-hybridized carbons (Fsp3) is 0.229. The molecule has 0 aliphatic carbocycles. The number of aliphatic carboxylic acids is 1. The number of carboxylic acid groups (broad SMARTS) is 1. The third-order valence-electron chi connectivity index (χ3n) is 7.40. The number of ether oxygens (including phenoxy) is 2. The number of hydrogen-bond acceptors (Lipinski definition) is 5. The highest BCUT2D eigenvalue weighted by molar-refractivity contribution is 5.80. The molecule has 41 heavy (non-hydrogen) atoms. The first-order chi connectivity index (χ1) is 20.0. The summed E-state index contributed by atoms with van der Waals surface area (Å²) < 4.78 is 17.3. The maximum absolute atomic E-state index is 11.2. The number of carbonyl (C=O) groups is 1. The van der Waals surface area contributed by atoms with Crippen molar-refractivity contribution < 1.29 is 23.8 Å². The highest BCUT2D eigenvalue weighted by atomic mass is 16.5. The molecule has 6 nitrogen and oxygen atoms in total.